The third-order valence-electron chi connectivity index (χ3n) is 4.65. The topological polar surface area (TPSA) is 24.5 Å². The van der Waals surface area contributed by atoms with Crippen LogP contribution in [0, 0.1) is 0 Å². The normalized spacial score (nSPS) is 34.7. The Labute approximate surface area is 112 Å². The first-order valence-corrected chi connectivity index (χ1v) is 7.81. The van der Waals surface area contributed by atoms with E-state index in [1.54, 1.807) is 0 Å². The van der Waals surface area contributed by atoms with Gasteiger partial charge in [0.15, 0.2) is 0 Å². The zero-order valence-electron chi connectivity index (χ0n) is 12.2. The van der Waals surface area contributed by atoms with Crippen molar-refractivity contribution in [2.75, 3.05) is 32.8 Å². The molecule has 2 heterocycles. The molecule has 0 aromatic carbocycles. The van der Waals surface area contributed by atoms with Crippen LogP contribution in [0.1, 0.15) is 52.4 Å². The van der Waals surface area contributed by atoms with Gasteiger partial charge in [-0.15, -0.1) is 0 Å². The van der Waals surface area contributed by atoms with Crippen LogP contribution in [0.2, 0.25) is 0 Å². The minimum absolute atomic E-state index is 0.112. The van der Waals surface area contributed by atoms with Gasteiger partial charge in [0, 0.05) is 25.7 Å². The first-order chi connectivity index (χ1) is 8.72. The Bertz CT molecular complexity index is 241. The van der Waals surface area contributed by atoms with E-state index >= 15 is 0 Å². The summed E-state index contributed by atoms with van der Waals surface area (Å²) < 4.78 is 5.89. The van der Waals surface area contributed by atoms with E-state index in [9.17, 15) is 0 Å². The second-order valence-corrected chi connectivity index (χ2v) is 6.20. The number of likely N-dealkylation sites (tertiary alicyclic amines) is 1. The minimum atomic E-state index is 0.112. The summed E-state index contributed by atoms with van der Waals surface area (Å²) >= 11 is 0. The highest BCUT2D eigenvalue weighted by atomic mass is 16.5. The van der Waals surface area contributed by atoms with E-state index in [1.807, 2.05) is 0 Å². The third-order valence-corrected chi connectivity index (χ3v) is 4.65. The monoisotopic (exact) mass is 254 g/mol. The van der Waals surface area contributed by atoms with Crippen LogP contribution >= 0.6 is 0 Å². The molecule has 2 atom stereocenters. The van der Waals surface area contributed by atoms with Gasteiger partial charge in [0.2, 0.25) is 0 Å². The van der Waals surface area contributed by atoms with E-state index < -0.39 is 0 Å². The van der Waals surface area contributed by atoms with Crippen LogP contribution in [-0.4, -0.2) is 49.3 Å². The molecule has 0 radical (unpaired) electrons. The van der Waals surface area contributed by atoms with E-state index in [-0.39, 0.29) is 5.60 Å². The van der Waals surface area contributed by atoms with E-state index in [0.717, 1.165) is 19.6 Å². The van der Waals surface area contributed by atoms with Crippen LogP contribution in [0.4, 0.5) is 0 Å². The summed E-state index contributed by atoms with van der Waals surface area (Å²) in [7, 11) is 0. The van der Waals surface area contributed by atoms with Gasteiger partial charge in [-0.3, -0.25) is 0 Å². The quantitative estimate of drug-likeness (QED) is 0.815. The number of ether oxygens (including phenoxy) is 1. The molecule has 0 aromatic rings. The SMILES string of the molecule is CCC1(C)CC(NCCN2CCCCC2)CCO1. The van der Waals surface area contributed by atoms with Gasteiger partial charge < -0.3 is 15.0 Å². The lowest BCUT2D eigenvalue weighted by Crippen LogP contribution is -2.47. The number of nitrogens with zero attached hydrogens (tertiary/aromatic N) is 1. The maximum Gasteiger partial charge on any atom is 0.0666 e. The van der Waals surface area contributed by atoms with Gasteiger partial charge in [0.1, 0.15) is 0 Å². The molecule has 2 unspecified atom stereocenters. The van der Waals surface area contributed by atoms with E-state index in [2.05, 4.69) is 24.1 Å². The smallest absolute Gasteiger partial charge is 0.0666 e. The molecule has 0 bridgehead atoms. The van der Waals surface area contributed by atoms with E-state index in [4.69, 9.17) is 4.74 Å². The minimum Gasteiger partial charge on any atom is -0.375 e. The molecule has 2 rings (SSSR count). The van der Waals surface area contributed by atoms with Gasteiger partial charge in [0.05, 0.1) is 5.60 Å². The predicted octanol–water partition coefficient (Wildman–Crippen LogP) is 2.41. The van der Waals surface area contributed by atoms with Crippen molar-refractivity contribution in [1.29, 1.82) is 0 Å². The lowest BCUT2D eigenvalue weighted by molar-refractivity contribution is -0.0780. The molecule has 0 saturated carbocycles. The van der Waals surface area contributed by atoms with Gasteiger partial charge >= 0.3 is 0 Å². The van der Waals surface area contributed by atoms with E-state index in [0.29, 0.717) is 6.04 Å². The zero-order chi connectivity index (χ0) is 12.8. The molecule has 0 aliphatic carbocycles. The molecule has 2 saturated heterocycles. The van der Waals surface area contributed by atoms with Crippen LogP contribution in [-0.2, 0) is 4.74 Å². The molecule has 1 N–H and O–H groups in total. The molecular formula is C15H30N2O. The standard InChI is InChI=1S/C15H30N2O/c1-3-15(2)13-14(7-12-18-15)16-8-11-17-9-5-4-6-10-17/h14,16H,3-13H2,1-2H3. The average Bonchev–Trinajstić information content (AvgIpc) is 2.40. The fraction of sp³-hybridized carbons (Fsp3) is 1.00. The highest BCUT2D eigenvalue weighted by Gasteiger charge is 2.31. The fourth-order valence-electron chi connectivity index (χ4n) is 3.16. The van der Waals surface area contributed by atoms with Crippen LogP contribution in [0.15, 0.2) is 0 Å². The lowest BCUT2D eigenvalue weighted by Gasteiger charge is -2.38. The van der Waals surface area contributed by atoms with E-state index in [1.165, 1.54) is 51.7 Å². The Balaban J connectivity index is 1.63. The van der Waals surface area contributed by atoms with Gasteiger partial charge in [-0.1, -0.05) is 13.3 Å². The molecule has 2 aliphatic rings. The van der Waals surface area contributed by atoms with Crippen molar-refractivity contribution in [1.82, 2.24) is 10.2 Å². The number of piperidine rings is 1. The highest BCUT2D eigenvalue weighted by Crippen LogP contribution is 2.27. The molecule has 3 heteroatoms. The number of rotatable bonds is 5. The molecule has 0 aromatic heterocycles. The number of nitrogens with one attached hydrogen (secondary N) is 1. The predicted molar refractivity (Wildman–Crippen MR) is 76.0 cm³/mol. The molecule has 0 amide bonds. The van der Waals surface area contributed by atoms with Gasteiger partial charge in [0.25, 0.3) is 0 Å². The Kier molecular flexibility index (Phi) is 5.46. The Morgan fingerprint density at radius 1 is 1.28 bits per heavy atom. The van der Waals surface area contributed by atoms with Gasteiger partial charge in [-0.2, -0.15) is 0 Å². The molecular weight excluding hydrogens is 224 g/mol. The van der Waals surface area contributed by atoms with Crippen molar-refractivity contribution >= 4 is 0 Å². The molecule has 0 spiro atoms. The van der Waals surface area contributed by atoms with Crippen molar-refractivity contribution in [2.24, 2.45) is 0 Å². The second kappa shape index (κ2) is 6.88. The largest absolute Gasteiger partial charge is 0.375 e. The summed E-state index contributed by atoms with van der Waals surface area (Å²) in [4.78, 5) is 2.61. The third kappa shape index (κ3) is 4.22. The van der Waals surface area contributed by atoms with Crippen molar-refractivity contribution < 1.29 is 4.74 Å². The maximum absolute atomic E-state index is 5.89. The Hall–Kier alpha value is -0.120. The highest BCUT2D eigenvalue weighted by molar-refractivity contribution is 4.85. The first kappa shape index (κ1) is 14.3. The first-order valence-electron chi connectivity index (χ1n) is 7.81. The summed E-state index contributed by atoms with van der Waals surface area (Å²) in [5.74, 6) is 0. The summed E-state index contributed by atoms with van der Waals surface area (Å²) in [6, 6.07) is 0.661. The molecule has 2 aliphatic heterocycles. The molecule has 18 heavy (non-hydrogen) atoms. The average molecular weight is 254 g/mol. The van der Waals surface area contributed by atoms with Crippen LogP contribution in [0.3, 0.4) is 0 Å². The van der Waals surface area contributed by atoms with Crippen molar-refractivity contribution in [3.8, 4) is 0 Å². The zero-order valence-corrected chi connectivity index (χ0v) is 12.2. The molecule has 106 valence electrons. The van der Waals surface area contributed by atoms with Crippen LogP contribution in [0.5, 0.6) is 0 Å². The van der Waals surface area contributed by atoms with Crippen molar-refractivity contribution in [2.45, 2.75) is 64.0 Å². The van der Waals surface area contributed by atoms with Crippen LogP contribution in [0.25, 0.3) is 0 Å². The Morgan fingerprint density at radius 2 is 2.06 bits per heavy atom. The van der Waals surface area contributed by atoms with Gasteiger partial charge in [-0.05, 0) is 52.1 Å². The summed E-state index contributed by atoms with van der Waals surface area (Å²) in [6.07, 6.45) is 7.69. The van der Waals surface area contributed by atoms with Crippen LogP contribution < -0.4 is 5.32 Å². The Morgan fingerprint density at radius 3 is 2.78 bits per heavy atom. The van der Waals surface area contributed by atoms with Crippen molar-refractivity contribution in [3.63, 3.8) is 0 Å². The number of hydrogen-bond acceptors (Lipinski definition) is 3. The summed E-state index contributed by atoms with van der Waals surface area (Å²) in [5.41, 5.74) is 0.112. The van der Waals surface area contributed by atoms with Gasteiger partial charge in [-0.25, -0.2) is 0 Å². The summed E-state index contributed by atoms with van der Waals surface area (Å²) in [6.45, 7) is 10.4. The second-order valence-electron chi connectivity index (χ2n) is 6.20. The molecule has 3 nitrogen and oxygen atoms in total. The molecule has 2 fully saturated rings. The summed E-state index contributed by atoms with van der Waals surface area (Å²) in [5, 5.41) is 3.74. The number of hydrogen-bond donors (Lipinski definition) is 1. The fourth-order valence-corrected chi connectivity index (χ4v) is 3.16. The lowest BCUT2D eigenvalue weighted by atomic mass is 9.90. The maximum atomic E-state index is 5.89. The van der Waals surface area contributed by atoms with Crippen molar-refractivity contribution in [3.05, 3.63) is 0 Å².